The number of carbonyl (C=O) groups excluding carboxylic acids is 1. The van der Waals surface area contributed by atoms with Gasteiger partial charge in [-0.1, -0.05) is 30.3 Å². The summed E-state index contributed by atoms with van der Waals surface area (Å²) in [6.07, 6.45) is -2.64. The number of hydrogen-bond donors (Lipinski definition) is 1. The minimum Gasteiger partial charge on any atom is -0.436 e. The molecule has 146 valence electrons. The Labute approximate surface area is 160 Å². The highest BCUT2D eigenvalue weighted by Gasteiger charge is 2.39. The normalized spacial score (nSPS) is 19.5. The fraction of sp³-hybridized carbons (Fsp3) is 0.350. The molecule has 28 heavy (non-hydrogen) atoms. The third-order valence-electron chi connectivity index (χ3n) is 5.17. The number of aryl methyl sites for hydroxylation is 2. The van der Waals surface area contributed by atoms with Crippen LogP contribution in [-0.2, 0) is 0 Å². The van der Waals surface area contributed by atoms with Crippen LogP contribution < -0.4 is 0 Å². The van der Waals surface area contributed by atoms with Gasteiger partial charge in [-0.25, -0.2) is 13.8 Å². The third-order valence-corrected chi connectivity index (χ3v) is 5.17. The molecule has 0 saturated carbocycles. The molecule has 3 heterocycles. The molecule has 0 unspecified atom stereocenters. The number of H-pyrrole nitrogens is 1. The zero-order valence-electron chi connectivity index (χ0n) is 15.5. The molecule has 3 aromatic rings. The number of carbonyl (C=O) groups is 1. The monoisotopic (exact) mass is 386 g/mol. The summed E-state index contributed by atoms with van der Waals surface area (Å²) >= 11 is 0. The standard InChI is InChI=1S/C20H20F2N4O2/c1-11-18(28-12(2)23-11)20(27)26-9-14(13-6-4-3-5-7-13)15(10-26)16-8-17(19(21)22)25-24-16/h3-8,14-15,19H,9-10H2,1-2H3,(H,24,25)/t14-,15+/m0/s1. The number of hydrogen-bond acceptors (Lipinski definition) is 4. The minimum absolute atomic E-state index is 0.0413. The maximum Gasteiger partial charge on any atom is 0.291 e. The van der Waals surface area contributed by atoms with Crippen molar-refractivity contribution in [3.63, 3.8) is 0 Å². The summed E-state index contributed by atoms with van der Waals surface area (Å²) in [5, 5.41) is 6.47. The molecule has 1 aliphatic heterocycles. The molecular formula is C20H20F2N4O2. The Kier molecular flexibility index (Phi) is 4.70. The topological polar surface area (TPSA) is 75.0 Å². The molecule has 4 rings (SSSR count). The Hall–Kier alpha value is -3.03. The van der Waals surface area contributed by atoms with Gasteiger partial charge in [0.05, 0.1) is 5.69 Å². The first-order chi connectivity index (χ1) is 13.4. The van der Waals surface area contributed by atoms with Gasteiger partial charge in [-0.3, -0.25) is 9.89 Å². The molecule has 1 saturated heterocycles. The van der Waals surface area contributed by atoms with Gasteiger partial charge in [0.2, 0.25) is 5.76 Å². The van der Waals surface area contributed by atoms with E-state index in [0.717, 1.165) is 5.56 Å². The first-order valence-corrected chi connectivity index (χ1v) is 9.05. The smallest absolute Gasteiger partial charge is 0.291 e. The first-order valence-electron chi connectivity index (χ1n) is 9.05. The van der Waals surface area contributed by atoms with E-state index < -0.39 is 6.43 Å². The van der Waals surface area contributed by atoms with Crippen molar-refractivity contribution in [2.45, 2.75) is 32.1 Å². The summed E-state index contributed by atoms with van der Waals surface area (Å²) in [6, 6.07) is 11.1. The zero-order valence-corrected chi connectivity index (χ0v) is 15.5. The second kappa shape index (κ2) is 7.18. The maximum absolute atomic E-state index is 13.0. The predicted octanol–water partition coefficient (Wildman–Crippen LogP) is 3.98. The molecule has 2 atom stereocenters. The van der Waals surface area contributed by atoms with Crippen LogP contribution in [-0.4, -0.2) is 39.1 Å². The lowest BCUT2D eigenvalue weighted by Gasteiger charge is -2.16. The van der Waals surface area contributed by atoms with E-state index in [4.69, 9.17) is 4.42 Å². The highest BCUT2D eigenvalue weighted by atomic mass is 19.3. The van der Waals surface area contributed by atoms with E-state index in [9.17, 15) is 13.6 Å². The number of amides is 1. The Morgan fingerprint density at radius 2 is 1.93 bits per heavy atom. The quantitative estimate of drug-likeness (QED) is 0.736. The Morgan fingerprint density at radius 3 is 2.54 bits per heavy atom. The molecule has 0 bridgehead atoms. The molecule has 0 aliphatic carbocycles. The lowest BCUT2D eigenvalue weighted by atomic mass is 9.87. The number of benzene rings is 1. The van der Waals surface area contributed by atoms with E-state index in [1.165, 1.54) is 6.07 Å². The van der Waals surface area contributed by atoms with Crippen molar-refractivity contribution >= 4 is 5.91 Å². The number of alkyl halides is 2. The molecule has 0 spiro atoms. The molecular weight excluding hydrogens is 366 g/mol. The largest absolute Gasteiger partial charge is 0.436 e. The molecule has 0 radical (unpaired) electrons. The van der Waals surface area contributed by atoms with Gasteiger partial charge < -0.3 is 9.32 Å². The summed E-state index contributed by atoms with van der Waals surface area (Å²) < 4.78 is 31.5. The van der Waals surface area contributed by atoms with Gasteiger partial charge in [-0.15, -0.1) is 0 Å². The number of likely N-dealkylation sites (tertiary alicyclic amines) is 1. The highest BCUT2D eigenvalue weighted by molar-refractivity contribution is 5.92. The average Bonchev–Trinajstić information content (AvgIpc) is 3.39. The van der Waals surface area contributed by atoms with Gasteiger partial charge in [0.1, 0.15) is 5.69 Å². The SMILES string of the molecule is Cc1nc(C)c(C(=O)N2C[C@@H](c3ccccc3)[C@H](c3cc(C(F)F)n[nH]3)C2)o1. The Balaban J connectivity index is 1.66. The molecule has 1 aliphatic rings. The van der Waals surface area contributed by atoms with E-state index in [1.54, 1.807) is 18.7 Å². The molecule has 6 nitrogen and oxygen atoms in total. The zero-order chi connectivity index (χ0) is 19.8. The number of aromatic amines is 1. The lowest BCUT2D eigenvalue weighted by Crippen LogP contribution is -2.29. The number of aromatic nitrogens is 3. The number of rotatable bonds is 4. The van der Waals surface area contributed by atoms with Crippen LogP contribution in [0.25, 0.3) is 0 Å². The summed E-state index contributed by atoms with van der Waals surface area (Å²) in [6.45, 7) is 4.26. The fourth-order valence-electron chi connectivity index (χ4n) is 3.85. The van der Waals surface area contributed by atoms with E-state index in [-0.39, 0.29) is 29.2 Å². The van der Waals surface area contributed by atoms with Crippen molar-refractivity contribution in [3.05, 3.63) is 70.7 Å². The van der Waals surface area contributed by atoms with Crippen molar-refractivity contribution in [1.29, 1.82) is 0 Å². The van der Waals surface area contributed by atoms with Crippen molar-refractivity contribution in [2.24, 2.45) is 0 Å². The van der Waals surface area contributed by atoms with E-state index in [1.807, 2.05) is 30.3 Å². The van der Waals surface area contributed by atoms with Crippen LogP contribution in [0.2, 0.25) is 0 Å². The van der Waals surface area contributed by atoms with E-state index in [2.05, 4.69) is 15.2 Å². The summed E-state index contributed by atoms with van der Waals surface area (Å²) in [5.41, 5.74) is 1.91. The van der Waals surface area contributed by atoms with Crippen LogP contribution in [0.4, 0.5) is 8.78 Å². The Morgan fingerprint density at radius 1 is 1.21 bits per heavy atom. The van der Waals surface area contributed by atoms with Crippen LogP contribution in [0.3, 0.4) is 0 Å². The molecule has 1 N–H and O–H groups in total. The van der Waals surface area contributed by atoms with Gasteiger partial charge in [-0.2, -0.15) is 5.10 Å². The molecule has 1 aromatic carbocycles. The van der Waals surface area contributed by atoms with Crippen LogP contribution >= 0.6 is 0 Å². The number of nitrogens with zero attached hydrogens (tertiary/aromatic N) is 3. The van der Waals surface area contributed by atoms with Crippen LogP contribution in [0.1, 0.15) is 57.4 Å². The average molecular weight is 386 g/mol. The summed E-state index contributed by atoms with van der Waals surface area (Å²) in [5.74, 6) is 0.209. The number of oxazole rings is 1. The van der Waals surface area contributed by atoms with E-state index in [0.29, 0.717) is 30.4 Å². The fourth-order valence-corrected chi connectivity index (χ4v) is 3.85. The minimum atomic E-state index is -2.64. The first kappa shape index (κ1) is 18.3. The van der Waals surface area contributed by atoms with Crippen molar-refractivity contribution in [3.8, 4) is 0 Å². The van der Waals surface area contributed by atoms with Crippen LogP contribution in [0.15, 0.2) is 40.8 Å². The molecule has 2 aromatic heterocycles. The molecule has 1 amide bonds. The summed E-state index contributed by atoms with van der Waals surface area (Å²) in [4.78, 5) is 18.9. The predicted molar refractivity (Wildman–Crippen MR) is 97.3 cm³/mol. The number of halogens is 2. The Bertz CT molecular complexity index is 983. The van der Waals surface area contributed by atoms with Crippen molar-refractivity contribution < 1.29 is 18.0 Å². The third kappa shape index (κ3) is 3.30. The molecule has 8 heteroatoms. The van der Waals surface area contributed by atoms with E-state index >= 15 is 0 Å². The lowest BCUT2D eigenvalue weighted by molar-refractivity contribution is 0.0755. The van der Waals surface area contributed by atoms with Gasteiger partial charge in [0.25, 0.3) is 12.3 Å². The van der Waals surface area contributed by atoms with Crippen LogP contribution in [0.5, 0.6) is 0 Å². The van der Waals surface area contributed by atoms with Gasteiger partial charge in [0, 0.05) is 37.5 Å². The highest BCUT2D eigenvalue weighted by Crippen LogP contribution is 2.40. The second-order valence-electron chi connectivity index (χ2n) is 7.03. The van der Waals surface area contributed by atoms with Crippen molar-refractivity contribution in [1.82, 2.24) is 20.1 Å². The van der Waals surface area contributed by atoms with Crippen LogP contribution in [0, 0.1) is 13.8 Å². The van der Waals surface area contributed by atoms with Gasteiger partial charge >= 0.3 is 0 Å². The van der Waals surface area contributed by atoms with Gasteiger partial charge in [-0.05, 0) is 18.6 Å². The van der Waals surface area contributed by atoms with Gasteiger partial charge in [0.15, 0.2) is 5.89 Å². The maximum atomic E-state index is 13.0. The van der Waals surface area contributed by atoms with Crippen molar-refractivity contribution in [2.75, 3.05) is 13.1 Å². The number of nitrogens with one attached hydrogen (secondary N) is 1. The summed E-state index contributed by atoms with van der Waals surface area (Å²) in [7, 11) is 0. The second-order valence-corrected chi connectivity index (χ2v) is 7.03. The molecule has 1 fully saturated rings.